The van der Waals surface area contributed by atoms with Gasteiger partial charge in [0, 0.05) is 36.1 Å². The van der Waals surface area contributed by atoms with E-state index in [1.54, 1.807) is 12.3 Å². The van der Waals surface area contributed by atoms with E-state index in [0.29, 0.717) is 11.6 Å². The maximum atomic E-state index is 12.7. The number of hydrogen-bond donors (Lipinski definition) is 1. The Morgan fingerprint density at radius 2 is 1.85 bits per heavy atom. The van der Waals surface area contributed by atoms with Gasteiger partial charge in [0.15, 0.2) is 5.65 Å². The Balaban J connectivity index is 1.85. The van der Waals surface area contributed by atoms with Crippen LogP contribution in [-0.2, 0) is 0 Å². The number of fused-ring (bicyclic) bond motifs is 1. The molecule has 0 radical (unpaired) electrons. The second kappa shape index (κ2) is 6.54. The van der Waals surface area contributed by atoms with Gasteiger partial charge in [-0.3, -0.25) is 9.89 Å². The van der Waals surface area contributed by atoms with Gasteiger partial charge in [-0.15, -0.1) is 0 Å². The predicted molar refractivity (Wildman–Crippen MR) is 106 cm³/mol. The van der Waals surface area contributed by atoms with Gasteiger partial charge < -0.3 is 4.57 Å². The topological polar surface area (TPSA) is 68.0 Å². The van der Waals surface area contributed by atoms with Gasteiger partial charge in [-0.05, 0) is 19.4 Å². The molecule has 0 aliphatic heterocycles. The van der Waals surface area contributed by atoms with Crippen LogP contribution in [0.5, 0.6) is 0 Å². The number of aryl methyl sites for hydroxylation is 1. The number of H-pyrrole nitrogens is 1. The fourth-order valence-electron chi connectivity index (χ4n) is 3.40. The third kappa shape index (κ3) is 2.97. The summed E-state index contributed by atoms with van der Waals surface area (Å²) in [5.74, 6) is 1.28. The summed E-state index contributed by atoms with van der Waals surface area (Å²) in [6.45, 7) is 8.32. The van der Waals surface area contributed by atoms with Gasteiger partial charge in [0.1, 0.15) is 5.82 Å². The Kier molecular flexibility index (Phi) is 4.18. The zero-order chi connectivity index (χ0) is 19.1. The predicted octanol–water partition coefficient (Wildman–Crippen LogP) is 3.93. The van der Waals surface area contributed by atoms with Crippen molar-refractivity contribution < 1.29 is 0 Å². The van der Waals surface area contributed by atoms with E-state index in [-0.39, 0.29) is 11.6 Å². The molecular formula is C21H23N5O. The monoisotopic (exact) mass is 361 g/mol. The molecule has 0 fully saturated rings. The van der Waals surface area contributed by atoms with Crippen LogP contribution >= 0.6 is 0 Å². The number of aromatic amines is 1. The van der Waals surface area contributed by atoms with Crippen molar-refractivity contribution in [2.24, 2.45) is 0 Å². The first-order valence-corrected chi connectivity index (χ1v) is 9.16. The number of rotatable bonds is 4. The first-order valence-electron chi connectivity index (χ1n) is 9.16. The highest BCUT2D eigenvalue weighted by molar-refractivity contribution is 5.77. The number of imidazole rings is 1. The third-order valence-electron chi connectivity index (χ3n) is 4.94. The number of nitrogens with zero attached hydrogens (tertiary/aromatic N) is 4. The van der Waals surface area contributed by atoms with Crippen molar-refractivity contribution in [3.05, 3.63) is 76.4 Å². The van der Waals surface area contributed by atoms with Crippen molar-refractivity contribution in [2.45, 2.75) is 39.7 Å². The number of aromatic nitrogens is 5. The highest BCUT2D eigenvalue weighted by Crippen LogP contribution is 2.26. The number of benzene rings is 1. The molecule has 0 spiro atoms. The lowest BCUT2D eigenvalue weighted by molar-refractivity contribution is 0.565. The summed E-state index contributed by atoms with van der Waals surface area (Å²) < 4.78 is 3.57. The zero-order valence-electron chi connectivity index (χ0n) is 16.0. The van der Waals surface area contributed by atoms with E-state index in [4.69, 9.17) is 4.98 Å². The highest BCUT2D eigenvalue weighted by atomic mass is 16.1. The Morgan fingerprint density at radius 1 is 1.11 bits per heavy atom. The van der Waals surface area contributed by atoms with Gasteiger partial charge in [-0.25, -0.2) is 14.5 Å². The third-order valence-corrected chi connectivity index (χ3v) is 4.94. The van der Waals surface area contributed by atoms with Crippen molar-refractivity contribution in [3.8, 4) is 11.1 Å². The molecule has 4 rings (SSSR count). The number of hydrogen-bond acceptors (Lipinski definition) is 3. The van der Waals surface area contributed by atoms with Crippen molar-refractivity contribution in [1.29, 1.82) is 0 Å². The first kappa shape index (κ1) is 17.3. The lowest BCUT2D eigenvalue weighted by Crippen LogP contribution is -2.19. The quantitative estimate of drug-likeness (QED) is 0.599. The molecule has 0 unspecified atom stereocenters. The van der Waals surface area contributed by atoms with Crippen LogP contribution in [0.1, 0.15) is 49.8 Å². The maximum absolute atomic E-state index is 12.7. The molecule has 1 N–H and O–H groups in total. The van der Waals surface area contributed by atoms with Crippen LogP contribution in [0.3, 0.4) is 0 Å². The fourth-order valence-corrected chi connectivity index (χ4v) is 3.40. The van der Waals surface area contributed by atoms with Crippen LogP contribution in [0, 0.1) is 6.92 Å². The minimum Gasteiger partial charge on any atom is -0.326 e. The van der Waals surface area contributed by atoms with Gasteiger partial charge in [-0.1, -0.05) is 43.7 Å². The maximum Gasteiger partial charge on any atom is 0.272 e. The smallest absolute Gasteiger partial charge is 0.272 e. The lowest BCUT2D eigenvalue weighted by Gasteiger charge is -2.17. The van der Waals surface area contributed by atoms with Crippen LogP contribution < -0.4 is 5.56 Å². The van der Waals surface area contributed by atoms with E-state index >= 15 is 0 Å². The summed E-state index contributed by atoms with van der Waals surface area (Å²) in [7, 11) is 0. The second-order valence-corrected chi connectivity index (χ2v) is 7.25. The molecule has 4 aromatic rings. The van der Waals surface area contributed by atoms with Crippen LogP contribution in [-0.4, -0.2) is 24.1 Å². The fraction of sp³-hybridized carbons (Fsp3) is 0.286. The minimum absolute atomic E-state index is 0.0802. The normalized spacial score (nSPS) is 12.8. The van der Waals surface area contributed by atoms with Crippen LogP contribution in [0.15, 0.2) is 53.7 Å². The molecule has 3 aromatic heterocycles. The first-order chi connectivity index (χ1) is 13.0. The van der Waals surface area contributed by atoms with Crippen LogP contribution in [0.2, 0.25) is 0 Å². The molecule has 0 saturated carbocycles. The van der Waals surface area contributed by atoms with E-state index in [0.717, 1.165) is 22.6 Å². The average Bonchev–Trinajstić information content (AvgIpc) is 3.29. The van der Waals surface area contributed by atoms with Gasteiger partial charge in [-0.2, -0.15) is 0 Å². The molecule has 0 aliphatic carbocycles. The lowest BCUT2D eigenvalue weighted by atomic mass is 10.1. The molecule has 1 atom stereocenters. The second-order valence-electron chi connectivity index (χ2n) is 7.25. The largest absolute Gasteiger partial charge is 0.326 e. The molecule has 0 amide bonds. The Morgan fingerprint density at radius 3 is 2.56 bits per heavy atom. The Labute approximate surface area is 157 Å². The Bertz CT molecular complexity index is 1150. The van der Waals surface area contributed by atoms with Gasteiger partial charge >= 0.3 is 0 Å². The van der Waals surface area contributed by atoms with Crippen LogP contribution in [0.25, 0.3) is 16.8 Å². The summed E-state index contributed by atoms with van der Waals surface area (Å²) in [6.07, 6.45) is 5.58. The van der Waals surface area contributed by atoms with Gasteiger partial charge in [0.05, 0.1) is 11.7 Å². The SMILES string of the molecule is Cc1ccc(-c2c[nH]n3c(=O)cc([C@H](C)n4ccnc4C(C)C)nc23)cc1. The van der Waals surface area contributed by atoms with Crippen LogP contribution in [0.4, 0.5) is 0 Å². The zero-order valence-corrected chi connectivity index (χ0v) is 16.0. The van der Waals surface area contributed by atoms with E-state index in [9.17, 15) is 4.79 Å². The van der Waals surface area contributed by atoms with Crippen molar-refractivity contribution in [3.63, 3.8) is 0 Å². The molecule has 0 bridgehead atoms. The number of nitrogens with one attached hydrogen (secondary N) is 1. The van der Waals surface area contributed by atoms with E-state index < -0.39 is 0 Å². The molecule has 0 aliphatic rings. The summed E-state index contributed by atoms with van der Waals surface area (Å²) in [6, 6.07) is 9.73. The van der Waals surface area contributed by atoms with E-state index in [1.807, 2.05) is 31.5 Å². The molecule has 1 aromatic carbocycles. The Hall–Kier alpha value is -3.15. The minimum atomic E-state index is -0.119. The average molecular weight is 361 g/mol. The molecule has 6 nitrogen and oxygen atoms in total. The molecule has 3 heterocycles. The molecule has 138 valence electrons. The standard InChI is InChI=1S/C21H23N5O/c1-13(2)20-22-9-10-25(20)15(4)18-11-19(27)26-21(24-18)17(12-23-26)16-7-5-14(3)6-8-16/h5-13,15,23H,1-4H3/t15-/m0/s1. The molecular weight excluding hydrogens is 338 g/mol. The van der Waals surface area contributed by atoms with E-state index in [2.05, 4.69) is 47.6 Å². The van der Waals surface area contributed by atoms with Crippen molar-refractivity contribution in [2.75, 3.05) is 0 Å². The van der Waals surface area contributed by atoms with Gasteiger partial charge in [0.2, 0.25) is 0 Å². The summed E-state index contributed by atoms with van der Waals surface area (Å²) >= 11 is 0. The summed E-state index contributed by atoms with van der Waals surface area (Å²) in [4.78, 5) is 21.9. The summed E-state index contributed by atoms with van der Waals surface area (Å²) in [5, 5.41) is 3.02. The van der Waals surface area contributed by atoms with E-state index in [1.165, 1.54) is 10.1 Å². The molecule has 0 saturated heterocycles. The molecule has 6 heteroatoms. The van der Waals surface area contributed by atoms with Crippen molar-refractivity contribution in [1.82, 2.24) is 24.1 Å². The van der Waals surface area contributed by atoms with Crippen molar-refractivity contribution >= 4 is 5.65 Å². The van der Waals surface area contributed by atoms with Gasteiger partial charge in [0.25, 0.3) is 5.56 Å². The summed E-state index contributed by atoms with van der Waals surface area (Å²) in [5.41, 5.74) is 4.38. The highest BCUT2D eigenvalue weighted by Gasteiger charge is 2.18. The molecule has 27 heavy (non-hydrogen) atoms.